The molecule has 0 unspecified atom stereocenters. The number of benzene rings is 2. The number of aryl methyl sites for hydroxylation is 1. The lowest BCUT2D eigenvalue weighted by atomic mass is 10.2. The molecule has 0 bridgehead atoms. The van der Waals surface area contributed by atoms with Crippen molar-refractivity contribution in [2.75, 3.05) is 11.9 Å². The first kappa shape index (κ1) is 18.9. The number of carbonyl (C=O) groups is 1. The van der Waals surface area contributed by atoms with Gasteiger partial charge in [0, 0.05) is 12.2 Å². The number of hydrogen-bond acceptors (Lipinski definition) is 4. The first-order valence-electron chi connectivity index (χ1n) is 8.76. The van der Waals surface area contributed by atoms with Crippen molar-refractivity contribution >= 4 is 23.3 Å². The summed E-state index contributed by atoms with van der Waals surface area (Å²) in [6.45, 7) is 4.81. The number of nitrogens with zero attached hydrogens (tertiary/aromatic N) is 3. The third-order valence-electron chi connectivity index (χ3n) is 3.98. The Morgan fingerprint density at radius 3 is 2.59 bits per heavy atom. The minimum absolute atomic E-state index is 0.210. The zero-order chi connectivity index (χ0) is 19.2. The molecule has 7 heteroatoms. The maximum Gasteiger partial charge on any atom is 0.322 e. The number of halogens is 1. The summed E-state index contributed by atoms with van der Waals surface area (Å²) in [5, 5.41) is 11.5. The third-order valence-corrected chi connectivity index (χ3v) is 4.31. The normalized spacial score (nSPS) is 10.6. The highest BCUT2D eigenvalue weighted by molar-refractivity contribution is 6.33. The molecule has 0 saturated heterocycles. The second-order valence-electron chi connectivity index (χ2n) is 6.20. The highest BCUT2D eigenvalue weighted by atomic mass is 35.5. The number of urea groups is 1. The van der Waals surface area contributed by atoms with Crippen LogP contribution in [-0.4, -0.2) is 27.7 Å². The Kier molecular flexibility index (Phi) is 6.08. The summed E-state index contributed by atoms with van der Waals surface area (Å²) in [6.07, 6.45) is 0.812. The van der Waals surface area contributed by atoms with E-state index in [1.807, 2.05) is 56.3 Å². The van der Waals surface area contributed by atoms with Crippen LogP contribution >= 0.6 is 11.6 Å². The predicted octanol–water partition coefficient (Wildman–Crippen LogP) is 5.14. The third kappa shape index (κ3) is 4.86. The quantitative estimate of drug-likeness (QED) is 0.638. The summed E-state index contributed by atoms with van der Waals surface area (Å²) in [6, 6.07) is 14.7. The van der Waals surface area contributed by atoms with Crippen molar-refractivity contribution in [2.24, 2.45) is 0 Å². The molecule has 1 heterocycles. The first-order valence-corrected chi connectivity index (χ1v) is 9.14. The molecule has 2 aromatic carbocycles. The standard InChI is InChI=1S/C20H21ClN4O2/c1-3-12-25(20(26)22-15-10-8-14(2)9-11-15)13-18-23-24-19(27-18)16-6-4-5-7-17(16)21/h4-11H,3,12-13H2,1-2H3,(H,22,26). The number of nitrogens with one attached hydrogen (secondary N) is 1. The average Bonchev–Trinajstić information content (AvgIpc) is 3.12. The van der Waals surface area contributed by atoms with Gasteiger partial charge in [0.15, 0.2) is 0 Å². The van der Waals surface area contributed by atoms with Gasteiger partial charge in [-0.2, -0.15) is 0 Å². The Labute approximate surface area is 163 Å². The summed E-state index contributed by atoms with van der Waals surface area (Å²) in [7, 11) is 0. The lowest BCUT2D eigenvalue weighted by molar-refractivity contribution is 0.203. The van der Waals surface area contributed by atoms with E-state index >= 15 is 0 Å². The van der Waals surface area contributed by atoms with Crippen LogP contribution in [0.5, 0.6) is 0 Å². The number of carbonyl (C=O) groups excluding carboxylic acids is 1. The number of aromatic nitrogens is 2. The van der Waals surface area contributed by atoms with Crippen LogP contribution in [0.1, 0.15) is 24.8 Å². The fourth-order valence-electron chi connectivity index (χ4n) is 2.59. The molecule has 3 aromatic rings. The maximum absolute atomic E-state index is 12.6. The van der Waals surface area contributed by atoms with E-state index in [0.29, 0.717) is 28.9 Å². The summed E-state index contributed by atoms with van der Waals surface area (Å²) in [4.78, 5) is 14.3. The van der Waals surface area contributed by atoms with E-state index in [1.165, 1.54) is 0 Å². The molecule has 0 aliphatic heterocycles. The lowest BCUT2D eigenvalue weighted by Gasteiger charge is -2.20. The SMILES string of the molecule is CCCN(Cc1nnc(-c2ccccc2Cl)o1)C(=O)Nc1ccc(C)cc1. The van der Waals surface area contributed by atoms with Gasteiger partial charge < -0.3 is 14.6 Å². The molecule has 1 aromatic heterocycles. The molecular weight excluding hydrogens is 364 g/mol. The van der Waals surface area contributed by atoms with Gasteiger partial charge in [0.25, 0.3) is 0 Å². The molecule has 3 rings (SSSR count). The van der Waals surface area contributed by atoms with E-state index in [4.69, 9.17) is 16.0 Å². The fraction of sp³-hybridized carbons (Fsp3) is 0.250. The molecule has 140 valence electrons. The molecule has 0 saturated carbocycles. The lowest BCUT2D eigenvalue weighted by Crippen LogP contribution is -2.35. The second kappa shape index (κ2) is 8.68. The van der Waals surface area contributed by atoms with Gasteiger partial charge in [-0.05, 0) is 37.6 Å². The monoisotopic (exact) mass is 384 g/mol. The van der Waals surface area contributed by atoms with Crippen LogP contribution in [0.15, 0.2) is 52.9 Å². The van der Waals surface area contributed by atoms with Gasteiger partial charge in [0.2, 0.25) is 11.8 Å². The van der Waals surface area contributed by atoms with Gasteiger partial charge in [0.05, 0.1) is 10.6 Å². The van der Waals surface area contributed by atoms with Crippen LogP contribution in [0.4, 0.5) is 10.5 Å². The van der Waals surface area contributed by atoms with E-state index in [2.05, 4.69) is 15.5 Å². The topological polar surface area (TPSA) is 71.3 Å². The van der Waals surface area contributed by atoms with Crippen LogP contribution < -0.4 is 5.32 Å². The molecule has 1 N–H and O–H groups in total. The van der Waals surface area contributed by atoms with Crippen LogP contribution in [0.3, 0.4) is 0 Å². The van der Waals surface area contributed by atoms with E-state index in [0.717, 1.165) is 17.7 Å². The fourth-order valence-corrected chi connectivity index (χ4v) is 2.80. The van der Waals surface area contributed by atoms with Crippen molar-refractivity contribution < 1.29 is 9.21 Å². The molecular formula is C20H21ClN4O2. The molecule has 0 aliphatic carbocycles. The zero-order valence-electron chi connectivity index (χ0n) is 15.3. The minimum atomic E-state index is -0.210. The Morgan fingerprint density at radius 2 is 1.89 bits per heavy atom. The summed E-state index contributed by atoms with van der Waals surface area (Å²) in [5.74, 6) is 0.698. The van der Waals surface area contributed by atoms with Gasteiger partial charge in [-0.25, -0.2) is 4.79 Å². The number of rotatable bonds is 6. The van der Waals surface area contributed by atoms with Gasteiger partial charge in [-0.3, -0.25) is 0 Å². The van der Waals surface area contributed by atoms with Gasteiger partial charge in [0.1, 0.15) is 6.54 Å². The molecule has 0 radical (unpaired) electrons. The summed E-state index contributed by atoms with van der Waals surface area (Å²) >= 11 is 6.17. The number of hydrogen-bond donors (Lipinski definition) is 1. The molecule has 6 nitrogen and oxygen atoms in total. The Bertz CT molecular complexity index is 908. The average molecular weight is 385 g/mol. The van der Waals surface area contributed by atoms with Gasteiger partial charge in [-0.15, -0.1) is 10.2 Å². The van der Waals surface area contributed by atoms with Gasteiger partial charge >= 0.3 is 6.03 Å². The zero-order valence-corrected chi connectivity index (χ0v) is 16.0. The van der Waals surface area contributed by atoms with Crippen LogP contribution in [0, 0.1) is 6.92 Å². The van der Waals surface area contributed by atoms with Crippen molar-refractivity contribution in [3.63, 3.8) is 0 Å². The largest absolute Gasteiger partial charge is 0.419 e. The molecule has 0 aliphatic rings. The van der Waals surface area contributed by atoms with Crippen molar-refractivity contribution in [3.8, 4) is 11.5 Å². The van der Waals surface area contributed by atoms with E-state index in [9.17, 15) is 4.79 Å². The van der Waals surface area contributed by atoms with Crippen LogP contribution in [0.25, 0.3) is 11.5 Å². The highest BCUT2D eigenvalue weighted by Crippen LogP contribution is 2.26. The maximum atomic E-state index is 12.6. The Hall–Kier alpha value is -2.86. The van der Waals surface area contributed by atoms with E-state index in [1.54, 1.807) is 11.0 Å². The van der Waals surface area contributed by atoms with Crippen molar-refractivity contribution in [1.82, 2.24) is 15.1 Å². The van der Waals surface area contributed by atoms with E-state index < -0.39 is 0 Å². The van der Waals surface area contributed by atoms with E-state index in [-0.39, 0.29) is 12.6 Å². The molecule has 0 atom stereocenters. The molecule has 0 fully saturated rings. The van der Waals surface area contributed by atoms with Crippen LogP contribution in [0.2, 0.25) is 5.02 Å². The van der Waals surface area contributed by atoms with Gasteiger partial charge in [-0.1, -0.05) is 48.4 Å². The minimum Gasteiger partial charge on any atom is -0.419 e. The highest BCUT2D eigenvalue weighted by Gasteiger charge is 2.18. The second-order valence-corrected chi connectivity index (χ2v) is 6.61. The van der Waals surface area contributed by atoms with Crippen LogP contribution in [-0.2, 0) is 6.54 Å². The van der Waals surface area contributed by atoms with Crippen molar-refractivity contribution in [2.45, 2.75) is 26.8 Å². The smallest absolute Gasteiger partial charge is 0.322 e. The summed E-state index contributed by atoms with van der Waals surface area (Å²) in [5.41, 5.74) is 2.55. The molecule has 27 heavy (non-hydrogen) atoms. The number of amides is 2. The predicted molar refractivity (Wildman–Crippen MR) is 106 cm³/mol. The number of anilines is 1. The van der Waals surface area contributed by atoms with Crippen molar-refractivity contribution in [1.29, 1.82) is 0 Å². The Balaban J connectivity index is 1.71. The molecule has 0 spiro atoms. The van der Waals surface area contributed by atoms with Crippen molar-refractivity contribution in [3.05, 3.63) is 65.0 Å². The first-order chi connectivity index (χ1) is 13.1. The summed E-state index contributed by atoms with van der Waals surface area (Å²) < 4.78 is 5.72. The molecule has 2 amide bonds. The Morgan fingerprint density at radius 1 is 1.15 bits per heavy atom.